The van der Waals surface area contributed by atoms with Crippen molar-refractivity contribution in [2.45, 2.75) is 26.2 Å². The van der Waals surface area contributed by atoms with Gasteiger partial charge in [0.05, 0.1) is 11.5 Å². The number of hydrogen-bond donors (Lipinski definition) is 0. The fraction of sp³-hybridized carbons (Fsp3) is 0.250. The van der Waals surface area contributed by atoms with Gasteiger partial charge < -0.3 is 9.26 Å². The second kappa shape index (κ2) is 8.97. The third-order valence-corrected chi connectivity index (χ3v) is 4.59. The van der Waals surface area contributed by atoms with Gasteiger partial charge in [0.15, 0.2) is 0 Å². The molecule has 0 fully saturated rings. The number of rotatable bonds is 8. The van der Waals surface area contributed by atoms with E-state index < -0.39 is 0 Å². The number of nitrogens with zero attached hydrogens (tertiary/aromatic N) is 3. The molecule has 2 heterocycles. The second-order valence-electron chi connectivity index (χ2n) is 5.69. The van der Waals surface area contributed by atoms with Crippen molar-refractivity contribution >= 4 is 23.0 Å². The van der Waals surface area contributed by atoms with E-state index in [0.29, 0.717) is 11.4 Å². The lowest BCUT2D eigenvalue weighted by atomic mass is 10.1. The van der Waals surface area contributed by atoms with Crippen LogP contribution in [-0.2, 0) is 0 Å². The molecule has 0 radical (unpaired) electrons. The molecule has 0 atom stereocenters. The van der Waals surface area contributed by atoms with Gasteiger partial charge in [-0.3, -0.25) is 0 Å². The topological polar surface area (TPSA) is 71.9 Å². The Balaban J connectivity index is 1.70. The fourth-order valence-corrected chi connectivity index (χ4v) is 3.00. The maximum absolute atomic E-state index is 9.43. The van der Waals surface area contributed by atoms with E-state index in [1.165, 1.54) is 24.2 Å². The van der Waals surface area contributed by atoms with Gasteiger partial charge in [-0.15, -0.1) is 11.3 Å². The summed E-state index contributed by atoms with van der Waals surface area (Å²) in [4.78, 5) is 5.22. The Kier molecular flexibility index (Phi) is 6.18. The van der Waals surface area contributed by atoms with E-state index in [4.69, 9.17) is 9.26 Å². The van der Waals surface area contributed by atoms with Gasteiger partial charge in [-0.1, -0.05) is 43.1 Å². The first kappa shape index (κ1) is 17.9. The number of nitriles is 1. The molecule has 2 aromatic heterocycles. The van der Waals surface area contributed by atoms with E-state index >= 15 is 0 Å². The van der Waals surface area contributed by atoms with Gasteiger partial charge in [0.2, 0.25) is 5.82 Å². The van der Waals surface area contributed by atoms with E-state index in [1.807, 2.05) is 41.8 Å². The van der Waals surface area contributed by atoms with Gasteiger partial charge >= 0.3 is 0 Å². The Hall–Kier alpha value is -2.91. The number of thiophene rings is 1. The maximum Gasteiger partial charge on any atom is 0.268 e. The average Bonchev–Trinajstić information content (AvgIpc) is 3.36. The summed E-state index contributed by atoms with van der Waals surface area (Å²) in [5, 5.41) is 15.3. The van der Waals surface area contributed by atoms with Crippen LogP contribution in [0.15, 0.2) is 46.3 Å². The highest BCUT2D eigenvalue weighted by Crippen LogP contribution is 2.24. The zero-order valence-electron chi connectivity index (χ0n) is 14.5. The number of unbranched alkanes of at least 4 members (excludes halogenated alkanes) is 2. The van der Waals surface area contributed by atoms with Crippen LogP contribution >= 0.6 is 11.3 Å². The van der Waals surface area contributed by atoms with Gasteiger partial charge in [-0.25, -0.2) is 0 Å². The van der Waals surface area contributed by atoms with Gasteiger partial charge in [0, 0.05) is 0 Å². The molecule has 0 saturated carbocycles. The van der Waals surface area contributed by atoms with Crippen LogP contribution in [0.3, 0.4) is 0 Å². The zero-order chi connectivity index (χ0) is 18.2. The largest absolute Gasteiger partial charge is 0.494 e. The highest BCUT2D eigenvalue weighted by Gasteiger charge is 2.13. The monoisotopic (exact) mass is 365 g/mol. The molecular formula is C20H19N3O2S. The third-order valence-electron chi connectivity index (χ3n) is 3.73. The van der Waals surface area contributed by atoms with Crippen molar-refractivity contribution in [3.05, 3.63) is 53.2 Å². The molecule has 0 aliphatic rings. The summed E-state index contributed by atoms with van der Waals surface area (Å²) in [5.74, 6) is 1.54. The van der Waals surface area contributed by atoms with Gasteiger partial charge in [0.1, 0.15) is 17.4 Å². The molecule has 26 heavy (non-hydrogen) atoms. The van der Waals surface area contributed by atoms with Crippen LogP contribution in [0.25, 0.3) is 22.4 Å². The molecule has 5 nitrogen and oxygen atoms in total. The quantitative estimate of drug-likeness (QED) is 0.393. The minimum Gasteiger partial charge on any atom is -0.494 e. The molecule has 0 spiro atoms. The summed E-state index contributed by atoms with van der Waals surface area (Å²) in [6.45, 7) is 2.89. The number of benzene rings is 1. The minimum atomic E-state index is 0.218. The number of allylic oxidation sites excluding steroid dienone is 1. The van der Waals surface area contributed by atoms with Crippen molar-refractivity contribution in [2.75, 3.05) is 6.61 Å². The van der Waals surface area contributed by atoms with Crippen LogP contribution in [0.1, 0.15) is 37.6 Å². The molecule has 0 bridgehead atoms. The number of aromatic nitrogens is 2. The third kappa shape index (κ3) is 4.58. The zero-order valence-corrected chi connectivity index (χ0v) is 15.3. The molecule has 0 unspecified atom stereocenters. The predicted molar refractivity (Wildman–Crippen MR) is 103 cm³/mol. The summed E-state index contributed by atoms with van der Waals surface area (Å²) in [6, 6.07) is 13.6. The summed E-state index contributed by atoms with van der Waals surface area (Å²) in [5.41, 5.74) is 1.20. The lowest BCUT2D eigenvalue weighted by molar-refractivity contribution is 0.306. The molecule has 0 aliphatic carbocycles. The SMILES string of the molecule is CCCCCOc1ccc(/C=C(\C#N)c2nc(-c3cccs3)no2)cc1. The van der Waals surface area contributed by atoms with E-state index in [1.54, 1.807) is 6.08 Å². The number of hydrogen-bond acceptors (Lipinski definition) is 6. The highest BCUT2D eigenvalue weighted by molar-refractivity contribution is 7.13. The molecule has 0 N–H and O–H groups in total. The minimum absolute atomic E-state index is 0.218. The standard InChI is InChI=1S/C20H19N3O2S/c1-2-3-4-11-24-17-9-7-15(8-10-17)13-16(14-21)20-22-19(23-25-20)18-6-5-12-26-18/h5-10,12-13H,2-4,11H2,1H3/b16-13+. The normalized spacial score (nSPS) is 11.3. The molecule has 0 amide bonds. The van der Waals surface area contributed by atoms with Crippen LogP contribution in [0.4, 0.5) is 0 Å². The van der Waals surface area contributed by atoms with Crippen LogP contribution in [0.5, 0.6) is 5.75 Å². The van der Waals surface area contributed by atoms with Crippen molar-refractivity contribution in [1.29, 1.82) is 5.26 Å². The second-order valence-corrected chi connectivity index (χ2v) is 6.64. The van der Waals surface area contributed by atoms with Crippen molar-refractivity contribution in [1.82, 2.24) is 10.1 Å². The molecular weight excluding hydrogens is 346 g/mol. The summed E-state index contributed by atoms with van der Waals surface area (Å²) < 4.78 is 10.9. The molecule has 0 saturated heterocycles. The first-order chi connectivity index (χ1) is 12.8. The molecule has 1 aromatic carbocycles. The van der Waals surface area contributed by atoms with E-state index in [-0.39, 0.29) is 5.89 Å². The highest BCUT2D eigenvalue weighted by atomic mass is 32.1. The Morgan fingerprint density at radius 3 is 2.81 bits per heavy atom. The molecule has 3 rings (SSSR count). The summed E-state index contributed by atoms with van der Waals surface area (Å²) in [6.07, 6.45) is 5.13. The first-order valence-corrected chi connectivity index (χ1v) is 9.40. The smallest absolute Gasteiger partial charge is 0.268 e. The Morgan fingerprint density at radius 1 is 1.27 bits per heavy atom. The van der Waals surface area contributed by atoms with Crippen LogP contribution in [0.2, 0.25) is 0 Å². The van der Waals surface area contributed by atoms with Crippen molar-refractivity contribution < 1.29 is 9.26 Å². The average molecular weight is 365 g/mol. The van der Waals surface area contributed by atoms with Gasteiger partial charge in [-0.05, 0) is 41.6 Å². The van der Waals surface area contributed by atoms with Gasteiger partial charge in [-0.2, -0.15) is 10.2 Å². The summed E-state index contributed by atoms with van der Waals surface area (Å²) in [7, 11) is 0. The van der Waals surface area contributed by atoms with E-state index in [9.17, 15) is 5.26 Å². The predicted octanol–water partition coefficient (Wildman–Crippen LogP) is 5.43. The molecule has 3 aromatic rings. The fourth-order valence-electron chi connectivity index (χ4n) is 2.35. The van der Waals surface area contributed by atoms with E-state index in [2.05, 4.69) is 23.1 Å². The molecule has 6 heteroatoms. The Labute approximate surface area is 156 Å². The maximum atomic E-state index is 9.43. The molecule has 132 valence electrons. The van der Waals surface area contributed by atoms with E-state index in [0.717, 1.165) is 29.2 Å². The van der Waals surface area contributed by atoms with Gasteiger partial charge in [0.25, 0.3) is 5.89 Å². The first-order valence-electron chi connectivity index (χ1n) is 8.52. The van der Waals surface area contributed by atoms with Crippen LogP contribution < -0.4 is 4.74 Å². The van der Waals surface area contributed by atoms with Crippen molar-refractivity contribution in [3.63, 3.8) is 0 Å². The lowest BCUT2D eigenvalue weighted by Crippen LogP contribution is -1.96. The summed E-state index contributed by atoms with van der Waals surface area (Å²) >= 11 is 1.52. The molecule has 0 aliphatic heterocycles. The van der Waals surface area contributed by atoms with Crippen LogP contribution in [-0.4, -0.2) is 16.7 Å². The Morgan fingerprint density at radius 2 is 2.12 bits per heavy atom. The van der Waals surface area contributed by atoms with Crippen molar-refractivity contribution in [2.24, 2.45) is 0 Å². The lowest BCUT2D eigenvalue weighted by Gasteiger charge is -2.05. The van der Waals surface area contributed by atoms with Crippen LogP contribution in [0, 0.1) is 11.3 Å². The Bertz CT molecular complexity index is 890. The number of ether oxygens (including phenoxy) is 1. The van der Waals surface area contributed by atoms with Crippen molar-refractivity contribution in [3.8, 4) is 22.5 Å².